The number of hydrogen-bond acceptors (Lipinski definition) is 6. The number of thioether (sulfide) groups is 1. The number of benzene rings is 1. The number of allylic oxidation sites excluding steroid dienone is 2. The molecule has 7 atom stereocenters. The monoisotopic (exact) mass is 612 g/mol. The fourth-order valence-corrected chi connectivity index (χ4v) is 11.6. The first-order valence-electron chi connectivity index (χ1n) is 16.3. The molecule has 6 rings (SSSR count). The number of rotatable bonds is 4. The molecular weight excluding hydrogens is 565 g/mol. The average Bonchev–Trinajstić information content (AvgIpc) is 3.52. The van der Waals surface area contributed by atoms with Crippen LogP contribution in [0.25, 0.3) is 0 Å². The molecule has 6 nitrogen and oxygen atoms in total. The lowest BCUT2D eigenvalue weighted by Crippen LogP contribution is -2.66. The van der Waals surface area contributed by atoms with Crippen molar-refractivity contribution in [1.82, 2.24) is 5.43 Å². The van der Waals surface area contributed by atoms with Crippen molar-refractivity contribution >= 4 is 29.1 Å². The van der Waals surface area contributed by atoms with Crippen LogP contribution in [0, 0.1) is 44.3 Å². The summed E-state index contributed by atoms with van der Waals surface area (Å²) in [6.07, 6.45) is 10.6. The highest BCUT2D eigenvalue weighted by atomic mass is 32.2. The predicted octanol–water partition coefficient (Wildman–Crippen LogP) is 8.44. The Labute approximate surface area is 267 Å². The van der Waals surface area contributed by atoms with Crippen molar-refractivity contribution in [2.45, 2.75) is 106 Å². The second-order valence-corrected chi connectivity index (χ2v) is 16.1. The van der Waals surface area contributed by atoms with E-state index in [2.05, 4.69) is 59.1 Å². The Morgan fingerprint density at radius 2 is 1.77 bits per heavy atom. The maximum absolute atomic E-state index is 13.5. The van der Waals surface area contributed by atoms with E-state index in [1.165, 1.54) is 17.3 Å². The third kappa shape index (κ3) is 4.09. The topological polar surface area (TPSA) is 88.7 Å². The van der Waals surface area contributed by atoms with E-state index in [0.717, 1.165) is 68.5 Å². The zero-order valence-electron chi connectivity index (χ0n) is 27.5. The van der Waals surface area contributed by atoms with Crippen molar-refractivity contribution in [3.8, 4) is 6.07 Å². The number of aliphatic hydroxyl groups is 1. The second kappa shape index (κ2) is 10.6. The van der Waals surface area contributed by atoms with Gasteiger partial charge in [-0.1, -0.05) is 76.2 Å². The molecule has 0 spiro atoms. The lowest BCUT2D eigenvalue weighted by Gasteiger charge is -2.73. The number of carbonyl (C=O) groups excluding carboxylic acids is 1. The van der Waals surface area contributed by atoms with Crippen molar-refractivity contribution in [3.05, 3.63) is 63.7 Å². The van der Waals surface area contributed by atoms with Gasteiger partial charge < -0.3 is 10.0 Å². The van der Waals surface area contributed by atoms with Crippen molar-refractivity contribution in [3.63, 3.8) is 0 Å². The molecule has 44 heavy (non-hydrogen) atoms. The smallest absolute Gasteiger partial charge is 0.284 e. The van der Waals surface area contributed by atoms with Crippen molar-refractivity contribution in [2.24, 2.45) is 38.1 Å². The number of hydrazone groups is 1. The molecule has 3 fully saturated rings. The van der Waals surface area contributed by atoms with E-state index >= 15 is 0 Å². The van der Waals surface area contributed by atoms with Gasteiger partial charge in [0.15, 0.2) is 0 Å². The molecule has 5 aliphatic rings. The zero-order valence-corrected chi connectivity index (χ0v) is 28.3. The highest BCUT2D eigenvalue weighted by Gasteiger charge is 2.73. The molecule has 0 aromatic heterocycles. The molecule has 4 aliphatic carbocycles. The zero-order chi connectivity index (χ0) is 31.7. The van der Waals surface area contributed by atoms with Crippen LogP contribution in [0.1, 0.15) is 99.8 Å². The van der Waals surface area contributed by atoms with Gasteiger partial charge in [-0.15, -0.1) is 0 Å². The van der Waals surface area contributed by atoms with Crippen LogP contribution in [0.4, 0.5) is 5.69 Å². The van der Waals surface area contributed by atoms with E-state index in [1.54, 1.807) is 0 Å². The second-order valence-electron chi connectivity index (χ2n) is 15.2. The molecule has 1 heterocycles. The molecule has 1 aliphatic heterocycles. The number of hydrogen-bond donors (Lipinski definition) is 2. The van der Waals surface area contributed by atoms with Crippen LogP contribution in [-0.4, -0.2) is 22.8 Å². The Morgan fingerprint density at radius 3 is 2.48 bits per heavy atom. The normalized spacial score (nSPS) is 41.1. The molecule has 7 heteroatoms. The lowest BCUT2D eigenvalue weighted by atomic mass is 9.31. The third-order valence-electron chi connectivity index (χ3n) is 14.0. The molecule has 1 aromatic carbocycles. The van der Waals surface area contributed by atoms with Gasteiger partial charge in [-0.2, -0.15) is 10.4 Å². The quantitative estimate of drug-likeness (QED) is 0.117. The van der Waals surface area contributed by atoms with E-state index < -0.39 is 5.91 Å². The summed E-state index contributed by atoms with van der Waals surface area (Å²) >= 11 is 1.40. The summed E-state index contributed by atoms with van der Waals surface area (Å²) in [5.41, 5.74) is 7.69. The molecule has 234 valence electrons. The Kier molecular flexibility index (Phi) is 7.53. The number of nitriles is 1. The van der Waals surface area contributed by atoms with E-state index in [0.29, 0.717) is 5.03 Å². The van der Waals surface area contributed by atoms with Gasteiger partial charge in [0.1, 0.15) is 16.7 Å². The van der Waals surface area contributed by atoms with Gasteiger partial charge in [0.05, 0.1) is 6.10 Å². The largest absolute Gasteiger partial charge is 0.393 e. The number of fused-ring (bicyclic) bond motifs is 5. The summed E-state index contributed by atoms with van der Waals surface area (Å²) < 4.78 is 0. The van der Waals surface area contributed by atoms with Gasteiger partial charge in [-0.3, -0.25) is 4.79 Å². The van der Waals surface area contributed by atoms with Crippen molar-refractivity contribution in [2.75, 3.05) is 4.90 Å². The minimum Gasteiger partial charge on any atom is -0.393 e. The average molecular weight is 613 g/mol. The third-order valence-corrected chi connectivity index (χ3v) is 15.0. The number of nitrogens with one attached hydrogen (secondary N) is 1. The van der Waals surface area contributed by atoms with Crippen LogP contribution in [0.5, 0.6) is 0 Å². The Morgan fingerprint density at radius 1 is 1.05 bits per heavy atom. The Balaban J connectivity index is 1.26. The van der Waals surface area contributed by atoms with Crippen LogP contribution >= 0.6 is 11.8 Å². The van der Waals surface area contributed by atoms with Crippen LogP contribution in [0.15, 0.2) is 68.8 Å². The van der Waals surface area contributed by atoms with Gasteiger partial charge in [0.25, 0.3) is 5.91 Å². The van der Waals surface area contributed by atoms with Gasteiger partial charge in [0, 0.05) is 23.0 Å². The first-order chi connectivity index (χ1) is 20.8. The lowest BCUT2D eigenvalue weighted by molar-refractivity contribution is -0.216. The van der Waals surface area contributed by atoms with Crippen LogP contribution < -0.4 is 10.3 Å². The summed E-state index contributed by atoms with van der Waals surface area (Å²) in [6, 6.07) is 12.0. The minimum atomic E-state index is -0.468. The first kappa shape index (κ1) is 31.2. The number of para-hydroxylation sites is 1. The van der Waals surface area contributed by atoms with E-state index in [-0.39, 0.29) is 44.7 Å². The standard InChI is InChI=1S/C37H48N4O2S/c1-24-23-44-32(41(24)27-11-9-8-10-12-27)29(22-38)31(43)40-39-25(2)30-15-18-35(5)34(30,4)19-20-36(6)33(3)16-14-28(42)21-26(33)13-17-37(35,36)7/h8-13,23,28,30,42H,14-21H2,1-7H3,(H,40,43)/b32-29-,39-25+/t28-,30?,33-,34+,35+,36+,37-/m0/s1. The minimum absolute atomic E-state index is 0.0401. The predicted molar refractivity (Wildman–Crippen MR) is 179 cm³/mol. The fraction of sp³-hybridized carbons (Fsp3) is 0.595. The van der Waals surface area contributed by atoms with Crippen LogP contribution in [-0.2, 0) is 4.79 Å². The number of nitrogens with zero attached hydrogens (tertiary/aromatic N) is 3. The summed E-state index contributed by atoms with van der Waals surface area (Å²) in [4.78, 5) is 15.4. The van der Waals surface area contributed by atoms with Crippen LogP contribution in [0.3, 0.4) is 0 Å². The number of anilines is 1. The summed E-state index contributed by atoms with van der Waals surface area (Å²) in [5, 5.41) is 27.9. The SMILES string of the molecule is CC1=CS/C(=C(/C#N)C(=O)N/N=C(\C)C2CC[C@@]3(C)[C@]4(C)CC=C5C[C@@H](O)CC[C@]5(C)[C@@]4(C)CC[C@]23C)N1c1ccccc1. The summed E-state index contributed by atoms with van der Waals surface area (Å²) in [6.45, 7) is 16.7. The van der Waals surface area contributed by atoms with Gasteiger partial charge in [-0.05, 0) is 110 Å². The molecular formula is C37H48N4O2S. The van der Waals surface area contributed by atoms with E-state index in [9.17, 15) is 15.2 Å². The molecule has 0 radical (unpaired) electrons. The molecule has 1 aromatic rings. The molecule has 2 N–H and O–H groups in total. The van der Waals surface area contributed by atoms with Gasteiger partial charge in [-0.25, -0.2) is 5.43 Å². The number of amides is 1. The highest BCUT2D eigenvalue weighted by molar-refractivity contribution is 8.06. The van der Waals surface area contributed by atoms with Gasteiger partial charge in [0.2, 0.25) is 0 Å². The van der Waals surface area contributed by atoms with Crippen molar-refractivity contribution < 1.29 is 9.90 Å². The fourth-order valence-electron chi connectivity index (χ4n) is 10.6. The van der Waals surface area contributed by atoms with Crippen molar-refractivity contribution in [1.29, 1.82) is 5.26 Å². The number of carbonyl (C=O) groups is 1. The first-order valence-corrected chi connectivity index (χ1v) is 17.2. The highest BCUT2D eigenvalue weighted by Crippen LogP contribution is 2.80. The molecule has 0 saturated heterocycles. The van der Waals surface area contributed by atoms with E-state index in [4.69, 9.17) is 5.10 Å². The summed E-state index contributed by atoms with van der Waals surface area (Å²) in [5.74, 6) is -0.214. The van der Waals surface area contributed by atoms with Gasteiger partial charge >= 0.3 is 0 Å². The van der Waals surface area contributed by atoms with E-state index in [1.807, 2.05) is 47.6 Å². The number of aliphatic hydroxyl groups excluding tert-OH is 1. The maximum Gasteiger partial charge on any atom is 0.284 e. The maximum atomic E-state index is 13.5. The Bertz CT molecular complexity index is 1540. The summed E-state index contributed by atoms with van der Waals surface area (Å²) in [7, 11) is 0. The molecule has 1 unspecified atom stereocenters. The Hall–Kier alpha value is -2.82. The molecule has 1 amide bonds. The van der Waals surface area contributed by atoms with Crippen LogP contribution in [0.2, 0.25) is 0 Å². The molecule has 0 bridgehead atoms. The molecule has 3 saturated carbocycles.